The summed E-state index contributed by atoms with van der Waals surface area (Å²) < 4.78 is 6.59. The lowest BCUT2D eigenvalue weighted by Crippen LogP contribution is -2.11. The van der Waals surface area contributed by atoms with E-state index in [0.717, 1.165) is 61.3 Å². The number of benzene rings is 9. The first-order valence-corrected chi connectivity index (χ1v) is 19.1. The van der Waals surface area contributed by atoms with Gasteiger partial charge in [0.25, 0.3) is 0 Å². The van der Waals surface area contributed by atoms with Crippen molar-refractivity contribution >= 4 is 61.1 Å². The van der Waals surface area contributed by atoms with Gasteiger partial charge in [0, 0.05) is 39.2 Å². The molecule has 0 bridgehead atoms. The van der Waals surface area contributed by atoms with Gasteiger partial charge in [0.1, 0.15) is 11.2 Å². The Balaban J connectivity index is 1.04. The summed E-state index contributed by atoms with van der Waals surface area (Å²) in [5.41, 5.74) is 15.5. The van der Waals surface area contributed by atoms with Crippen molar-refractivity contribution in [2.24, 2.45) is 0 Å². The quantitative estimate of drug-likeness (QED) is 0.170. The van der Waals surface area contributed by atoms with E-state index in [1.54, 1.807) is 0 Å². The number of nitrogens with one attached hydrogen (secondary N) is 1. The highest BCUT2D eigenvalue weighted by atomic mass is 16.3. The first kappa shape index (κ1) is 33.2. The monoisotopic (exact) mass is 718 g/mol. The van der Waals surface area contributed by atoms with Crippen molar-refractivity contribution < 1.29 is 4.42 Å². The lowest BCUT2D eigenvalue weighted by atomic mass is 9.95. The molecule has 0 spiro atoms. The van der Waals surface area contributed by atoms with E-state index >= 15 is 0 Å². The summed E-state index contributed by atoms with van der Waals surface area (Å²) >= 11 is 0. The molecule has 0 amide bonds. The van der Waals surface area contributed by atoms with Crippen molar-refractivity contribution in [3.8, 4) is 33.4 Å². The first-order chi connectivity index (χ1) is 27.7. The van der Waals surface area contributed by atoms with Crippen molar-refractivity contribution in [3.05, 3.63) is 212 Å². The van der Waals surface area contributed by atoms with E-state index in [1.165, 1.54) is 38.8 Å². The Morgan fingerprint density at radius 3 is 1.70 bits per heavy atom. The van der Waals surface area contributed by atoms with Gasteiger partial charge < -0.3 is 14.6 Å². The van der Waals surface area contributed by atoms with Gasteiger partial charge in [-0.3, -0.25) is 0 Å². The Morgan fingerprint density at radius 1 is 0.411 bits per heavy atom. The molecule has 1 N–H and O–H groups in total. The molecule has 0 saturated heterocycles. The van der Waals surface area contributed by atoms with Crippen LogP contribution in [0.3, 0.4) is 0 Å². The third-order valence-electron chi connectivity index (χ3n) is 10.8. The Kier molecular flexibility index (Phi) is 8.38. The number of fused-ring (bicyclic) bond motifs is 4. The molecule has 56 heavy (non-hydrogen) atoms. The molecule has 266 valence electrons. The number of hydrogen-bond donors (Lipinski definition) is 1. The van der Waals surface area contributed by atoms with Gasteiger partial charge in [0.15, 0.2) is 0 Å². The minimum Gasteiger partial charge on any atom is -0.456 e. The number of hydrogen-bond acceptors (Lipinski definition) is 3. The minimum atomic E-state index is 0.884. The summed E-state index contributed by atoms with van der Waals surface area (Å²) in [6.45, 7) is 2.22. The van der Waals surface area contributed by atoms with Crippen molar-refractivity contribution in [1.29, 1.82) is 0 Å². The predicted octanol–water partition coefficient (Wildman–Crippen LogP) is 15.3. The smallest absolute Gasteiger partial charge is 0.136 e. The van der Waals surface area contributed by atoms with Gasteiger partial charge in [-0.25, -0.2) is 0 Å². The second-order valence-electron chi connectivity index (χ2n) is 14.3. The van der Waals surface area contributed by atoms with Crippen LogP contribution in [0.1, 0.15) is 5.56 Å². The van der Waals surface area contributed by atoms with E-state index in [1.807, 2.05) is 6.07 Å². The molecule has 0 radical (unpaired) electrons. The van der Waals surface area contributed by atoms with Crippen molar-refractivity contribution in [2.45, 2.75) is 6.92 Å². The van der Waals surface area contributed by atoms with Crippen molar-refractivity contribution in [1.82, 2.24) is 0 Å². The van der Waals surface area contributed by atoms with Crippen LogP contribution in [0.15, 0.2) is 211 Å². The zero-order valence-corrected chi connectivity index (χ0v) is 31.0. The summed E-state index contributed by atoms with van der Waals surface area (Å²) in [6.07, 6.45) is 0. The van der Waals surface area contributed by atoms with E-state index in [2.05, 4.69) is 217 Å². The Bertz CT molecular complexity index is 2970. The minimum absolute atomic E-state index is 0.884. The number of anilines is 5. The standard InChI is InChI=1S/C53H38N2O/c1-36-50(55(45-20-9-4-10-21-45)46-29-25-40(26-30-46)38-15-7-3-8-16-38)31-32-51-53(36)49-35-48-42(34-52(49)56-51)18-12-22-47(48)41-17-11-19-44(33-41)54-43-27-23-39(24-28-43)37-13-5-2-6-14-37/h2-35,54H,1H3. The van der Waals surface area contributed by atoms with Crippen LogP contribution in [0.4, 0.5) is 28.4 Å². The molecule has 1 aromatic heterocycles. The molecule has 10 aromatic rings. The molecule has 0 aliphatic carbocycles. The lowest BCUT2D eigenvalue weighted by molar-refractivity contribution is 0.669. The van der Waals surface area contributed by atoms with E-state index in [4.69, 9.17) is 4.42 Å². The molecule has 1 heterocycles. The number of aryl methyl sites for hydroxylation is 1. The number of rotatable bonds is 8. The SMILES string of the molecule is Cc1c(N(c2ccccc2)c2ccc(-c3ccccc3)cc2)ccc2oc3cc4cccc(-c5cccc(Nc6ccc(-c7ccccc7)cc6)c5)c4cc3c12. The van der Waals surface area contributed by atoms with Crippen molar-refractivity contribution in [3.63, 3.8) is 0 Å². The molecule has 3 nitrogen and oxygen atoms in total. The molecule has 0 atom stereocenters. The van der Waals surface area contributed by atoms with Crippen LogP contribution in [0.25, 0.3) is 66.1 Å². The van der Waals surface area contributed by atoms with Crippen LogP contribution in [-0.4, -0.2) is 0 Å². The highest BCUT2D eigenvalue weighted by Crippen LogP contribution is 2.44. The summed E-state index contributed by atoms with van der Waals surface area (Å²) in [7, 11) is 0. The number of nitrogens with zero attached hydrogens (tertiary/aromatic N) is 1. The summed E-state index contributed by atoms with van der Waals surface area (Å²) in [5.74, 6) is 0. The maximum absolute atomic E-state index is 6.59. The molecule has 0 aliphatic rings. The fourth-order valence-corrected chi connectivity index (χ4v) is 8.04. The van der Waals surface area contributed by atoms with E-state index in [0.29, 0.717) is 0 Å². The second-order valence-corrected chi connectivity index (χ2v) is 14.3. The molecule has 0 aliphatic heterocycles. The highest BCUT2D eigenvalue weighted by molar-refractivity contribution is 6.15. The van der Waals surface area contributed by atoms with Gasteiger partial charge in [-0.15, -0.1) is 0 Å². The summed E-state index contributed by atoms with van der Waals surface area (Å²) in [5, 5.41) is 8.21. The fraction of sp³-hybridized carbons (Fsp3) is 0.0189. The van der Waals surface area contributed by atoms with Crippen molar-refractivity contribution in [2.75, 3.05) is 10.2 Å². The van der Waals surface area contributed by atoms with Gasteiger partial charge in [0.05, 0.1) is 0 Å². The third kappa shape index (κ3) is 6.15. The number of para-hydroxylation sites is 1. The molecule has 0 saturated carbocycles. The zero-order chi connectivity index (χ0) is 37.4. The molecule has 0 unspecified atom stereocenters. The fourth-order valence-electron chi connectivity index (χ4n) is 8.04. The average Bonchev–Trinajstić information content (AvgIpc) is 3.63. The van der Waals surface area contributed by atoms with Gasteiger partial charge >= 0.3 is 0 Å². The summed E-state index contributed by atoms with van der Waals surface area (Å²) in [6, 6.07) is 73.1. The highest BCUT2D eigenvalue weighted by Gasteiger charge is 2.20. The zero-order valence-electron chi connectivity index (χ0n) is 31.0. The van der Waals surface area contributed by atoms with Gasteiger partial charge in [-0.2, -0.15) is 0 Å². The molecule has 10 rings (SSSR count). The van der Waals surface area contributed by atoms with E-state index in [-0.39, 0.29) is 0 Å². The van der Waals surface area contributed by atoms with Crippen LogP contribution in [0, 0.1) is 6.92 Å². The van der Waals surface area contributed by atoms with Crippen LogP contribution < -0.4 is 10.2 Å². The van der Waals surface area contributed by atoms with Crippen LogP contribution in [-0.2, 0) is 0 Å². The molecule has 0 fully saturated rings. The third-order valence-corrected chi connectivity index (χ3v) is 10.8. The molecular weight excluding hydrogens is 681 g/mol. The van der Waals surface area contributed by atoms with Gasteiger partial charge in [-0.05, 0) is 129 Å². The van der Waals surface area contributed by atoms with Crippen LogP contribution in [0.2, 0.25) is 0 Å². The number of furan rings is 1. The molecule has 9 aromatic carbocycles. The summed E-state index contributed by atoms with van der Waals surface area (Å²) in [4.78, 5) is 2.35. The largest absolute Gasteiger partial charge is 0.456 e. The maximum atomic E-state index is 6.59. The van der Waals surface area contributed by atoms with Crippen LogP contribution >= 0.6 is 0 Å². The predicted molar refractivity (Wildman–Crippen MR) is 237 cm³/mol. The maximum Gasteiger partial charge on any atom is 0.136 e. The average molecular weight is 719 g/mol. The first-order valence-electron chi connectivity index (χ1n) is 19.1. The normalized spacial score (nSPS) is 11.3. The Labute approximate surface area is 326 Å². The Morgan fingerprint density at radius 2 is 1.00 bits per heavy atom. The van der Waals surface area contributed by atoms with E-state index in [9.17, 15) is 0 Å². The Hall–Kier alpha value is -7.36. The van der Waals surface area contributed by atoms with E-state index < -0.39 is 0 Å². The van der Waals surface area contributed by atoms with Gasteiger partial charge in [0.2, 0.25) is 0 Å². The van der Waals surface area contributed by atoms with Crippen LogP contribution in [0.5, 0.6) is 0 Å². The molecular formula is C53H38N2O. The molecule has 3 heteroatoms. The lowest BCUT2D eigenvalue weighted by Gasteiger charge is -2.27. The topological polar surface area (TPSA) is 28.4 Å². The second kappa shape index (κ2) is 14.1. The van der Waals surface area contributed by atoms with Gasteiger partial charge in [-0.1, -0.05) is 133 Å².